The average Bonchev–Trinajstić information content (AvgIpc) is 2.77. The SMILES string of the molecule is C[C@H]1CCCCN1Cc1cnn(CCS(C)(=O)=O)c1. The van der Waals surface area contributed by atoms with Crippen LogP contribution in [-0.4, -0.2) is 47.7 Å². The van der Waals surface area contributed by atoms with Gasteiger partial charge in [0.25, 0.3) is 0 Å². The Balaban J connectivity index is 1.90. The minimum Gasteiger partial charge on any atom is -0.296 e. The zero-order valence-electron chi connectivity index (χ0n) is 11.7. The number of aryl methyl sites for hydroxylation is 1. The monoisotopic (exact) mass is 285 g/mol. The molecule has 1 saturated heterocycles. The highest BCUT2D eigenvalue weighted by atomic mass is 32.2. The number of hydrogen-bond donors (Lipinski definition) is 0. The summed E-state index contributed by atoms with van der Waals surface area (Å²) in [7, 11) is -2.92. The van der Waals surface area contributed by atoms with Gasteiger partial charge in [0.1, 0.15) is 9.84 Å². The van der Waals surface area contributed by atoms with Crippen LogP contribution in [0.2, 0.25) is 0 Å². The molecule has 0 unspecified atom stereocenters. The first-order valence-corrected chi connectivity index (χ1v) is 8.93. The normalized spacial score (nSPS) is 21.7. The van der Waals surface area contributed by atoms with Gasteiger partial charge in [-0.15, -0.1) is 0 Å². The fraction of sp³-hybridized carbons (Fsp3) is 0.769. The number of sulfone groups is 1. The molecule has 0 N–H and O–H groups in total. The molecule has 5 nitrogen and oxygen atoms in total. The Morgan fingerprint density at radius 1 is 1.42 bits per heavy atom. The summed E-state index contributed by atoms with van der Waals surface area (Å²) in [6, 6.07) is 0.633. The van der Waals surface area contributed by atoms with Crippen molar-refractivity contribution in [3.63, 3.8) is 0 Å². The molecular weight excluding hydrogens is 262 g/mol. The number of piperidine rings is 1. The summed E-state index contributed by atoms with van der Waals surface area (Å²) in [5, 5.41) is 4.24. The van der Waals surface area contributed by atoms with E-state index in [1.165, 1.54) is 31.1 Å². The maximum Gasteiger partial charge on any atom is 0.149 e. The van der Waals surface area contributed by atoms with E-state index in [9.17, 15) is 8.42 Å². The molecule has 0 saturated carbocycles. The van der Waals surface area contributed by atoms with E-state index in [-0.39, 0.29) is 5.75 Å². The van der Waals surface area contributed by atoms with Gasteiger partial charge in [0.05, 0.1) is 18.5 Å². The molecule has 0 radical (unpaired) electrons. The summed E-state index contributed by atoms with van der Waals surface area (Å²) >= 11 is 0. The van der Waals surface area contributed by atoms with Crippen LogP contribution in [0, 0.1) is 0 Å². The third kappa shape index (κ3) is 4.62. The molecule has 0 amide bonds. The highest BCUT2D eigenvalue weighted by Gasteiger charge is 2.18. The zero-order valence-corrected chi connectivity index (χ0v) is 12.6. The second-order valence-corrected chi connectivity index (χ2v) is 7.82. The molecule has 0 spiro atoms. The maximum absolute atomic E-state index is 11.1. The first-order chi connectivity index (χ1) is 8.94. The highest BCUT2D eigenvalue weighted by Crippen LogP contribution is 2.18. The fourth-order valence-electron chi connectivity index (χ4n) is 2.50. The van der Waals surface area contributed by atoms with Crippen LogP contribution in [-0.2, 0) is 22.9 Å². The van der Waals surface area contributed by atoms with Gasteiger partial charge in [-0.25, -0.2) is 8.42 Å². The zero-order chi connectivity index (χ0) is 13.9. The largest absolute Gasteiger partial charge is 0.296 e. The molecule has 2 rings (SSSR count). The first kappa shape index (κ1) is 14.5. The maximum atomic E-state index is 11.1. The molecule has 1 aliphatic heterocycles. The summed E-state index contributed by atoms with van der Waals surface area (Å²) in [5.74, 6) is 0.147. The lowest BCUT2D eigenvalue weighted by Crippen LogP contribution is -2.36. The van der Waals surface area contributed by atoms with Gasteiger partial charge in [0.15, 0.2) is 0 Å². The Bertz CT molecular complexity index is 510. The van der Waals surface area contributed by atoms with Gasteiger partial charge < -0.3 is 0 Å². The van der Waals surface area contributed by atoms with Crippen LogP contribution in [0.25, 0.3) is 0 Å². The van der Waals surface area contributed by atoms with Gasteiger partial charge in [-0.2, -0.15) is 5.10 Å². The van der Waals surface area contributed by atoms with Crippen LogP contribution < -0.4 is 0 Å². The van der Waals surface area contributed by atoms with Crippen LogP contribution in [0.1, 0.15) is 31.7 Å². The summed E-state index contributed by atoms with van der Waals surface area (Å²) < 4.78 is 24.0. The Morgan fingerprint density at radius 3 is 2.89 bits per heavy atom. The third-order valence-electron chi connectivity index (χ3n) is 3.70. The lowest BCUT2D eigenvalue weighted by molar-refractivity contribution is 0.152. The van der Waals surface area contributed by atoms with Crippen LogP contribution in [0.15, 0.2) is 12.4 Å². The second kappa shape index (κ2) is 6.05. The number of rotatable bonds is 5. The van der Waals surface area contributed by atoms with Crippen LogP contribution in [0.4, 0.5) is 0 Å². The van der Waals surface area contributed by atoms with Gasteiger partial charge in [-0.3, -0.25) is 9.58 Å². The highest BCUT2D eigenvalue weighted by molar-refractivity contribution is 7.90. The van der Waals surface area contributed by atoms with Crippen molar-refractivity contribution in [2.45, 2.75) is 45.3 Å². The lowest BCUT2D eigenvalue weighted by atomic mass is 10.0. The smallest absolute Gasteiger partial charge is 0.149 e. The minimum atomic E-state index is -2.92. The van der Waals surface area contributed by atoms with Crippen molar-refractivity contribution in [2.24, 2.45) is 0 Å². The lowest BCUT2D eigenvalue weighted by Gasteiger charge is -2.32. The molecule has 0 bridgehead atoms. The van der Waals surface area contributed by atoms with E-state index in [1.807, 2.05) is 12.4 Å². The number of aromatic nitrogens is 2. The van der Waals surface area contributed by atoms with E-state index < -0.39 is 9.84 Å². The Labute approximate surface area is 115 Å². The van der Waals surface area contributed by atoms with Crippen molar-refractivity contribution in [1.29, 1.82) is 0 Å². The Kier molecular flexibility index (Phi) is 4.62. The third-order valence-corrected chi connectivity index (χ3v) is 4.63. The van der Waals surface area contributed by atoms with Gasteiger partial charge in [-0.1, -0.05) is 6.42 Å². The van der Waals surface area contributed by atoms with Crippen LogP contribution in [0.3, 0.4) is 0 Å². The summed E-state index contributed by atoms with van der Waals surface area (Å²) in [6.45, 7) is 4.78. The van der Waals surface area contributed by atoms with Crippen LogP contribution >= 0.6 is 0 Å². The molecule has 1 fully saturated rings. The standard InChI is InChI=1S/C13H23N3O2S/c1-12-5-3-4-6-15(12)10-13-9-14-16(11-13)7-8-19(2,17)18/h9,11-12H,3-8,10H2,1-2H3/t12-/m0/s1. The summed E-state index contributed by atoms with van der Waals surface area (Å²) in [4.78, 5) is 2.47. The molecule has 108 valence electrons. The molecule has 2 heterocycles. The summed E-state index contributed by atoms with van der Waals surface area (Å²) in [5.41, 5.74) is 1.17. The molecule has 1 atom stereocenters. The summed E-state index contributed by atoms with van der Waals surface area (Å²) in [6.07, 6.45) is 8.93. The van der Waals surface area contributed by atoms with E-state index in [2.05, 4.69) is 16.9 Å². The molecule has 1 aliphatic rings. The van der Waals surface area contributed by atoms with Gasteiger partial charge >= 0.3 is 0 Å². The Hall–Kier alpha value is -0.880. The topological polar surface area (TPSA) is 55.2 Å². The molecule has 19 heavy (non-hydrogen) atoms. The van der Waals surface area contributed by atoms with Crippen molar-refractivity contribution >= 4 is 9.84 Å². The Morgan fingerprint density at radius 2 is 2.21 bits per heavy atom. The molecular formula is C13H23N3O2S. The van der Waals surface area contributed by atoms with E-state index in [1.54, 1.807) is 4.68 Å². The fourth-order valence-corrected chi connectivity index (χ4v) is 3.02. The van der Waals surface area contributed by atoms with Crippen LogP contribution in [0.5, 0.6) is 0 Å². The predicted octanol–water partition coefficient (Wildman–Crippen LogP) is 1.30. The van der Waals surface area contributed by atoms with E-state index >= 15 is 0 Å². The minimum absolute atomic E-state index is 0.147. The first-order valence-electron chi connectivity index (χ1n) is 6.87. The molecule has 1 aromatic rings. The second-order valence-electron chi connectivity index (χ2n) is 5.56. The van der Waals surface area contributed by atoms with Crippen molar-refractivity contribution in [1.82, 2.24) is 14.7 Å². The molecule has 0 aromatic carbocycles. The van der Waals surface area contributed by atoms with Crippen molar-refractivity contribution in [3.8, 4) is 0 Å². The van der Waals surface area contributed by atoms with Crippen molar-refractivity contribution in [2.75, 3.05) is 18.6 Å². The molecule has 1 aromatic heterocycles. The average molecular weight is 285 g/mol. The predicted molar refractivity (Wildman–Crippen MR) is 75.7 cm³/mol. The van der Waals surface area contributed by atoms with Gasteiger partial charge in [0.2, 0.25) is 0 Å². The van der Waals surface area contributed by atoms with E-state index in [0.717, 1.165) is 13.1 Å². The quantitative estimate of drug-likeness (QED) is 0.818. The number of nitrogens with zero attached hydrogens (tertiary/aromatic N) is 3. The van der Waals surface area contributed by atoms with E-state index in [0.29, 0.717) is 12.6 Å². The van der Waals surface area contributed by atoms with Crippen molar-refractivity contribution < 1.29 is 8.42 Å². The number of hydrogen-bond acceptors (Lipinski definition) is 4. The van der Waals surface area contributed by atoms with Gasteiger partial charge in [0, 0.05) is 30.6 Å². The van der Waals surface area contributed by atoms with Gasteiger partial charge in [-0.05, 0) is 26.3 Å². The molecule has 0 aliphatic carbocycles. The molecule has 6 heteroatoms. The van der Waals surface area contributed by atoms with Crippen molar-refractivity contribution in [3.05, 3.63) is 18.0 Å². The number of likely N-dealkylation sites (tertiary alicyclic amines) is 1. The van der Waals surface area contributed by atoms with E-state index in [4.69, 9.17) is 0 Å².